The van der Waals surface area contributed by atoms with Crippen LogP contribution < -0.4 is 16.0 Å². The van der Waals surface area contributed by atoms with Crippen molar-refractivity contribution in [3.63, 3.8) is 0 Å². The van der Waals surface area contributed by atoms with E-state index in [1.807, 2.05) is 37.4 Å². The molecule has 3 N–H and O–H groups in total. The lowest BCUT2D eigenvalue weighted by Gasteiger charge is -2.19. The average Bonchev–Trinajstić information content (AvgIpc) is 2.77. The SMILES string of the molecule is CNCCC(=O)N[C@H](Cc1ccc(-c2ccccc2)cc1)C(=O)NCCCCC(C)C. The van der Waals surface area contributed by atoms with Crippen LogP contribution in [0.1, 0.15) is 45.1 Å². The Hall–Kier alpha value is -2.66. The smallest absolute Gasteiger partial charge is 0.242 e. The molecule has 0 unspecified atom stereocenters. The van der Waals surface area contributed by atoms with Crippen molar-refractivity contribution in [3.8, 4) is 11.1 Å². The zero-order valence-corrected chi connectivity index (χ0v) is 19.1. The van der Waals surface area contributed by atoms with Crippen molar-refractivity contribution in [1.82, 2.24) is 16.0 Å². The Kier molecular flexibility index (Phi) is 10.8. The minimum Gasteiger partial charge on any atom is -0.354 e. The quantitative estimate of drug-likeness (QED) is 0.428. The summed E-state index contributed by atoms with van der Waals surface area (Å²) in [6, 6.07) is 17.8. The normalized spacial score (nSPS) is 11.9. The van der Waals surface area contributed by atoms with Crippen LogP contribution >= 0.6 is 0 Å². The molecule has 2 rings (SSSR count). The molecule has 0 radical (unpaired) electrons. The molecule has 0 aromatic heterocycles. The number of carbonyl (C=O) groups is 2. The van der Waals surface area contributed by atoms with Crippen LogP contribution in [0.15, 0.2) is 54.6 Å². The zero-order valence-electron chi connectivity index (χ0n) is 19.1. The Morgan fingerprint density at radius 3 is 2.19 bits per heavy atom. The summed E-state index contributed by atoms with van der Waals surface area (Å²) in [7, 11) is 1.81. The Bertz CT molecular complexity index is 788. The summed E-state index contributed by atoms with van der Waals surface area (Å²) in [5.74, 6) is 0.443. The van der Waals surface area contributed by atoms with Gasteiger partial charge in [-0.2, -0.15) is 0 Å². The Balaban J connectivity index is 1.98. The van der Waals surface area contributed by atoms with Crippen LogP contribution in [-0.2, 0) is 16.0 Å². The monoisotopic (exact) mass is 423 g/mol. The van der Waals surface area contributed by atoms with E-state index in [0.29, 0.717) is 31.8 Å². The molecule has 2 aromatic carbocycles. The third kappa shape index (κ3) is 9.35. The van der Waals surface area contributed by atoms with Crippen molar-refractivity contribution < 1.29 is 9.59 Å². The predicted octanol–water partition coefficient (Wildman–Crippen LogP) is 3.93. The lowest BCUT2D eigenvalue weighted by atomic mass is 10.00. The van der Waals surface area contributed by atoms with E-state index in [1.165, 1.54) is 0 Å². The van der Waals surface area contributed by atoms with Gasteiger partial charge < -0.3 is 16.0 Å². The Labute approximate surface area is 187 Å². The molecule has 0 aliphatic carbocycles. The number of unbranched alkanes of at least 4 members (excludes halogenated alkanes) is 1. The van der Waals surface area contributed by atoms with Crippen molar-refractivity contribution in [3.05, 3.63) is 60.2 Å². The molecule has 0 fully saturated rings. The van der Waals surface area contributed by atoms with Gasteiger partial charge in [0.05, 0.1) is 0 Å². The van der Waals surface area contributed by atoms with Crippen LogP contribution in [-0.4, -0.2) is 38.0 Å². The largest absolute Gasteiger partial charge is 0.354 e. The van der Waals surface area contributed by atoms with Crippen molar-refractivity contribution in [1.29, 1.82) is 0 Å². The molecule has 5 heteroatoms. The van der Waals surface area contributed by atoms with Gasteiger partial charge in [0.1, 0.15) is 6.04 Å². The minimum absolute atomic E-state index is 0.116. The van der Waals surface area contributed by atoms with Crippen molar-refractivity contribution in [2.24, 2.45) is 5.92 Å². The Morgan fingerprint density at radius 2 is 1.55 bits per heavy atom. The van der Waals surface area contributed by atoms with Gasteiger partial charge in [-0.25, -0.2) is 0 Å². The fourth-order valence-corrected chi connectivity index (χ4v) is 3.43. The van der Waals surface area contributed by atoms with Gasteiger partial charge >= 0.3 is 0 Å². The van der Waals surface area contributed by atoms with Gasteiger partial charge in [-0.15, -0.1) is 0 Å². The van der Waals surface area contributed by atoms with Gasteiger partial charge in [0, 0.05) is 25.9 Å². The van der Waals surface area contributed by atoms with Gasteiger partial charge in [0.2, 0.25) is 11.8 Å². The van der Waals surface area contributed by atoms with Crippen molar-refractivity contribution in [2.75, 3.05) is 20.1 Å². The molecule has 0 aliphatic heterocycles. The number of hydrogen-bond donors (Lipinski definition) is 3. The number of amides is 2. The number of rotatable bonds is 13. The standard InChI is InChI=1S/C26H37N3O2/c1-20(2)9-7-8-17-28-26(31)24(29-25(30)16-18-27-3)19-21-12-14-23(15-13-21)22-10-5-4-6-11-22/h4-6,10-15,20,24,27H,7-9,16-19H2,1-3H3,(H,28,31)(H,29,30)/t24-/m1/s1. The number of benzene rings is 2. The van der Waals surface area contributed by atoms with E-state index in [1.54, 1.807) is 0 Å². The molecule has 31 heavy (non-hydrogen) atoms. The summed E-state index contributed by atoms with van der Waals surface area (Å²) in [5.41, 5.74) is 3.31. The molecule has 0 heterocycles. The third-order valence-electron chi connectivity index (χ3n) is 5.26. The molecule has 1 atom stereocenters. The molecule has 2 amide bonds. The van der Waals surface area contributed by atoms with Crippen molar-refractivity contribution >= 4 is 11.8 Å². The summed E-state index contributed by atoms with van der Waals surface area (Å²) >= 11 is 0. The highest BCUT2D eigenvalue weighted by atomic mass is 16.2. The number of hydrogen-bond acceptors (Lipinski definition) is 3. The molecule has 0 spiro atoms. The lowest BCUT2D eigenvalue weighted by Crippen LogP contribution is -2.48. The fraction of sp³-hybridized carbons (Fsp3) is 0.462. The van der Waals surface area contributed by atoms with Gasteiger partial charge in [0.25, 0.3) is 0 Å². The van der Waals surface area contributed by atoms with Crippen LogP contribution in [0.4, 0.5) is 0 Å². The summed E-state index contributed by atoms with van der Waals surface area (Å²) in [6.07, 6.45) is 4.03. The Morgan fingerprint density at radius 1 is 0.871 bits per heavy atom. The van der Waals surface area contributed by atoms with E-state index in [2.05, 4.69) is 54.1 Å². The highest BCUT2D eigenvalue weighted by Gasteiger charge is 2.21. The van der Waals surface area contributed by atoms with Crippen LogP contribution in [0.5, 0.6) is 0 Å². The first-order valence-electron chi connectivity index (χ1n) is 11.4. The predicted molar refractivity (Wildman–Crippen MR) is 128 cm³/mol. The molecule has 0 aliphatic rings. The summed E-state index contributed by atoms with van der Waals surface area (Å²) in [4.78, 5) is 25.1. The second-order valence-corrected chi connectivity index (χ2v) is 8.42. The fourth-order valence-electron chi connectivity index (χ4n) is 3.43. The minimum atomic E-state index is -0.572. The van der Waals surface area contributed by atoms with Crippen LogP contribution in [0.25, 0.3) is 11.1 Å². The topological polar surface area (TPSA) is 70.2 Å². The highest BCUT2D eigenvalue weighted by Crippen LogP contribution is 2.19. The first kappa shape index (κ1) is 24.6. The van der Waals surface area contributed by atoms with Gasteiger partial charge in [-0.05, 0) is 36.1 Å². The van der Waals surface area contributed by atoms with Crippen molar-refractivity contribution in [2.45, 2.75) is 52.0 Å². The molecular formula is C26H37N3O2. The summed E-state index contributed by atoms with van der Waals surface area (Å²) in [6.45, 7) is 5.64. The van der Waals surface area contributed by atoms with Crippen LogP contribution in [0, 0.1) is 5.92 Å². The van der Waals surface area contributed by atoms with Crippen LogP contribution in [0.3, 0.4) is 0 Å². The first-order valence-corrected chi connectivity index (χ1v) is 11.4. The molecular weight excluding hydrogens is 386 g/mol. The third-order valence-corrected chi connectivity index (χ3v) is 5.26. The molecule has 2 aromatic rings. The van der Waals surface area contributed by atoms with E-state index in [4.69, 9.17) is 0 Å². The molecule has 0 saturated heterocycles. The lowest BCUT2D eigenvalue weighted by molar-refractivity contribution is -0.128. The molecule has 0 saturated carbocycles. The number of carbonyl (C=O) groups excluding carboxylic acids is 2. The number of nitrogens with one attached hydrogen (secondary N) is 3. The molecule has 5 nitrogen and oxygen atoms in total. The average molecular weight is 424 g/mol. The van der Waals surface area contributed by atoms with Gasteiger partial charge in [-0.1, -0.05) is 81.3 Å². The van der Waals surface area contributed by atoms with Crippen LogP contribution in [0.2, 0.25) is 0 Å². The zero-order chi connectivity index (χ0) is 22.5. The first-order chi connectivity index (χ1) is 15.0. The van der Waals surface area contributed by atoms with E-state index in [9.17, 15) is 9.59 Å². The summed E-state index contributed by atoms with van der Waals surface area (Å²) in [5, 5.41) is 8.89. The maximum Gasteiger partial charge on any atom is 0.242 e. The maximum atomic E-state index is 12.8. The van der Waals surface area contributed by atoms with Gasteiger partial charge in [-0.3, -0.25) is 9.59 Å². The van der Waals surface area contributed by atoms with E-state index < -0.39 is 6.04 Å². The highest BCUT2D eigenvalue weighted by molar-refractivity contribution is 5.88. The second kappa shape index (κ2) is 13.6. The summed E-state index contributed by atoms with van der Waals surface area (Å²) < 4.78 is 0. The van der Waals surface area contributed by atoms with E-state index in [0.717, 1.165) is 36.0 Å². The van der Waals surface area contributed by atoms with Gasteiger partial charge in [0.15, 0.2) is 0 Å². The molecule has 168 valence electrons. The van der Waals surface area contributed by atoms with E-state index >= 15 is 0 Å². The maximum absolute atomic E-state index is 12.8. The molecule has 0 bridgehead atoms. The van der Waals surface area contributed by atoms with E-state index in [-0.39, 0.29) is 11.8 Å². The second-order valence-electron chi connectivity index (χ2n) is 8.42.